The van der Waals surface area contributed by atoms with Crippen molar-refractivity contribution in [1.82, 2.24) is 0 Å². The molecule has 7 heteroatoms. The lowest BCUT2D eigenvalue weighted by molar-refractivity contribution is -0.183. The van der Waals surface area contributed by atoms with Crippen LogP contribution >= 0.6 is 23.2 Å². The molecule has 1 rings (SSSR count). The largest absolute Gasteiger partial charge is 0.481 e. The lowest BCUT2D eigenvalue weighted by atomic mass is 9.87. The number of benzene rings is 1. The highest BCUT2D eigenvalue weighted by Gasteiger charge is 2.45. The van der Waals surface area contributed by atoms with Gasteiger partial charge in [0.05, 0.1) is 21.9 Å². The van der Waals surface area contributed by atoms with E-state index in [0.29, 0.717) is 0 Å². The van der Waals surface area contributed by atoms with Crippen molar-refractivity contribution < 1.29 is 23.1 Å². The van der Waals surface area contributed by atoms with Gasteiger partial charge in [-0.15, -0.1) is 0 Å². The van der Waals surface area contributed by atoms with E-state index >= 15 is 0 Å². The van der Waals surface area contributed by atoms with Gasteiger partial charge in [0.15, 0.2) is 0 Å². The lowest BCUT2D eigenvalue weighted by Gasteiger charge is -2.23. The van der Waals surface area contributed by atoms with Crippen molar-refractivity contribution in [2.75, 3.05) is 0 Å². The third-order valence-electron chi connectivity index (χ3n) is 2.59. The first-order valence-electron chi connectivity index (χ1n) is 4.89. The van der Waals surface area contributed by atoms with Crippen molar-refractivity contribution in [3.05, 3.63) is 33.8 Å². The summed E-state index contributed by atoms with van der Waals surface area (Å²) in [5, 5.41) is 9.12. The van der Waals surface area contributed by atoms with E-state index in [0.717, 1.165) is 13.0 Å². The Morgan fingerprint density at radius 3 is 2.22 bits per heavy atom. The van der Waals surface area contributed by atoms with Gasteiger partial charge in [-0.25, -0.2) is 0 Å². The van der Waals surface area contributed by atoms with Crippen molar-refractivity contribution in [2.45, 2.75) is 19.0 Å². The minimum atomic E-state index is -4.60. The molecule has 0 aliphatic rings. The molecule has 0 bridgehead atoms. The number of alkyl halides is 3. The highest BCUT2D eigenvalue weighted by molar-refractivity contribution is 6.42. The molecule has 2 atom stereocenters. The van der Waals surface area contributed by atoms with E-state index in [2.05, 4.69) is 0 Å². The van der Waals surface area contributed by atoms with E-state index in [1.165, 1.54) is 12.1 Å². The molecule has 1 aromatic rings. The summed E-state index contributed by atoms with van der Waals surface area (Å²) in [5.74, 6) is -5.29. The van der Waals surface area contributed by atoms with Crippen LogP contribution in [0.1, 0.15) is 18.4 Å². The van der Waals surface area contributed by atoms with Crippen molar-refractivity contribution in [3.63, 3.8) is 0 Å². The molecule has 0 spiro atoms. The summed E-state index contributed by atoms with van der Waals surface area (Å²) in [6.07, 6.45) is -4.60. The van der Waals surface area contributed by atoms with Crippen LogP contribution in [0.5, 0.6) is 0 Å². The average Bonchev–Trinajstić information content (AvgIpc) is 2.21. The molecule has 0 saturated heterocycles. The summed E-state index contributed by atoms with van der Waals surface area (Å²) in [4.78, 5) is 11.0. The molecule has 1 N–H and O–H groups in total. The van der Waals surface area contributed by atoms with Gasteiger partial charge in [-0.05, 0) is 17.7 Å². The number of halogens is 5. The second kappa shape index (κ2) is 5.36. The molecule has 0 aliphatic heterocycles. The standard InChI is InChI=1S/C11H9Cl2F3O2/c1-5(11(14,15)16)9(10(17)18)6-2-3-7(12)8(13)4-6/h2-5,9H,1H3,(H,17,18). The summed E-state index contributed by atoms with van der Waals surface area (Å²) < 4.78 is 37.8. The van der Waals surface area contributed by atoms with Crippen molar-refractivity contribution in [3.8, 4) is 0 Å². The summed E-state index contributed by atoms with van der Waals surface area (Å²) in [5.41, 5.74) is -0.0262. The Morgan fingerprint density at radius 2 is 1.83 bits per heavy atom. The fourth-order valence-corrected chi connectivity index (χ4v) is 1.85. The Kier molecular flexibility index (Phi) is 4.50. The molecule has 2 nitrogen and oxygen atoms in total. The molecule has 0 radical (unpaired) electrons. The molecule has 18 heavy (non-hydrogen) atoms. The number of hydrogen-bond donors (Lipinski definition) is 1. The highest BCUT2D eigenvalue weighted by Crippen LogP contribution is 2.38. The SMILES string of the molecule is CC(C(C(=O)O)c1ccc(Cl)c(Cl)c1)C(F)(F)F. The molecule has 0 amide bonds. The predicted octanol–water partition coefficient (Wildman–Crippen LogP) is 4.36. The number of rotatable bonds is 3. The lowest BCUT2D eigenvalue weighted by Crippen LogP contribution is -2.31. The molecule has 0 heterocycles. The Labute approximate surface area is 111 Å². The zero-order valence-corrected chi connectivity index (χ0v) is 10.6. The Morgan fingerprint density at radius 1 is 1.28 bits per heavy atom. The van der Waals surface area contributed by atoms with Gasteiger partial charge in [0, 0.05) is 0 Å². The number of hydrogen-bond acceptors (Lipinski definition) is 1. The number of aliphatic carboxylic acids is 1. The minimum absolute atomic E-state index is 0.0230. The smallest absolute Gasteiger partial charge is 0.392 e. The van der Waals surface area contributed by atoms with Gasteiger partial charge in [-0.2, -0.15) is 13.2 Å². The summed E-state index contributed by atoms with van der Waals surface area (Å²) >= 11 is 11.3. The Bertz CT molecular complexity index is 460. The summed E-state index contributed by atoms with van der Waals surface area (Å²) in [6.45, 7) is 0.821. The first-order chi connectivity index (χ1) is 8.14. The molecule has 0 saturated carbocycles. The fraction of sp³-hybridized carbons (Fsp3) is 0.364. The van der Waals surface area contributed by atoms with Crippen LogP contribution in [0.3, 0.4) is 0 Å². The molecule has 0 aromatic heterocycles. The Balaban J connectivity index is 3.21. The van der Waals surface area contributed by atoms with Crippen LogP contribution in [0.25, 0.3) is 0 Å². The molecular weight excluding hydrogens is 292 g/mol. The van der Waals surface area contributed by atoms with E-state index in [1.54, 1.807) is 0 Å². The quantitative estimate of drug-likeness (QED) is 0.900. The van der Waals surface area contributed by atoms with Gasteiger partial charge in [0.1, 0.15) is 0 Å². The number of carboxylic acid groups (broad SMARTS) is 1. The number of carbonyl (C=O) groups is 1. The topological polar surface area (TPSA) is 37.3 Å². The van der Waals surface area contributed by atoms with Crippen LogP contribution in [0, 0.1) is 5.92 Å². The molecule has 2 unspecified atom stereocenters. The normalized spacial score (nSPS) is 15.2. The summed E-state index contributed by atoms with van der Waals surface area (Å²) in [6, 6.07) is 3.65. The zero-order valence-electron chi connectivity index (χ0n) is 9.13. The number of carboxylic acids is 1. The van der Waals surface area contributed by atoms with Crippen molar-refractivity contribution in [1.29, 1.82) is 0 Å². The van der Waals surface area contributed by atoms with Crippen LogP contribution in [0.15, 0.2) is 18.2 Å². The van der Waals surface area contributed by atoms with E-state index in [-0.39, 0.29) is 15.6 Å². The van der Waals surface area contributed by atoms with Gasteiger partial charge in [-0.3, -0.25) is 4.79 Å². The van der Waals surface area contributed by atoms with E-state index < -0.39 is 24.0 Å². The molecule has 0 aliphatic carbocycles. The van der Waals surface area contributed by atoms with Crippen LogP contribution in [0.4, 0.5) is 13.2 Å². The van der Waals surface area contributed by atoms with E-state index in [9.17, 15) is 18.0 Å². The van der Waals surface area contributed by atoms with Crippen molar-refractivity contribution in [2.24, 2.45) is 5.92 Å². The monoisotopic (exact) mass is 300 g/mol. The molecule has 1 aromatic carbocycles. The first-order valence-corrected chi connectivity index (χ1v) is 5.64. The van der Waals surface area contributed by atoms with E-state index in [1.807, 2.05) is 0 Å². The average molecular weight is 301 g/mol. The zero-order chi connectivity index (χ0) is 14.1. The third kappa shape index (κ3) is 3.29. The minimum Gasteiger partial charge on any atom is -0.481 e. The maximum absolute atomic E-state index is 12.6. The molecular formula is C11H9Cl2F3O2. The highest BCUT2D eigenvalue weighted by atomic mass is 35.5. The predicted molar refractivity (Wildman–Crippen MR) is 62.1 cm³/mol. The van der Waals surface area contributed by atoms with Gasteiger partial charge in [0.2, 0.25) is 0 Å². The second-order valence-corrected chi connectivity index (χ2v) is 4.63. The fourth-order valence-electron chi connectivity index (χ4n) is 1.54. The van der Waals surface area contributed by atoms with Crippen LogP contribution < -0.4 is 0 Å². The van der Waals surface area contributed by atoms with E-state index in [4.69, 9.17) is 28.3 Å². The molecule has 0 fully saturated rings. The van der Waals surface area contributed by atoms with Crippen LogP contribution in [-0.2, 0) is 4.79 Å². The third-order valence-corrected chi connectivity index (χ3v) is 3.32. The molecule has 100 valence electrons. The maximum atomic E-state index is 12.6. The van der Waals surface area contributed by atoms with Crippen LogP contribution in [0.2, 0.25) is 10.0 Å². The second-order valence-electron chi connectivity index (χ2n) is 3.82. The van der Waals surface area contributed by atoms with Crippen LogP contribution in [-0.4, -0.2) is 17.3 Å². The van der Waals surface area contributed by atoms with Gasteiger partial charge in [0.25, 0.3) is 0 Å². The van der Waals surface area contributed by atoms with Gasteiger partial charge < -0.3 is 5.11 Å². The van der Waals surface area contributed by atoms with Crippen molar-refractivity contribution >= 4 is 29.2 Å². The maximum Gasteiger partial charge on any atom is 0.392 e. The Hall–Kier alpha value is -0.940. The van der Waals surface area contributed by atoms with Gasteiger partial charge >= 0.3 is 12.1 Å². The summed E-state index contributed by atoms with van der Waals surface area (Å²) in [7, 11) is 0. The first kappa shape index (κ1) is 15.1. The van der Waals surface area contributed by atoms with Gasteiger partial charge in [-0.1, -0.05) is 36.2 Å².